The number of halogens is 3. The molecule has 21 heavy (non-hydrogen) atoms. The van der Waals surface area contributed by atoms with Gasteiger partial charge in [-0.25, -0.2) is 0 Å². The molecule has 0 spiro atoms. The number of rotatable bonds is 5. The molecule has 0 aromatic heterocycles. The second kappa shape index (κ2) is 7.68. The molecule has 2 aromatic rings. The summed E-state index contributed by atoms with van der Waals surface area (Å²) in [6, 6.07) is 10.7. The average Bonchev–Trinajstić information content (AvgIpc) is 2.44. The molecule has 0 bridgehead atoms. The first-order valence-corrected chi connectivity index (χ1v) is 9.09. The van der Waals surface area contributed by atoms with E-state index in [2.05, 4.69) is 22.9 Å². The highest BCUT2D eigenvalue weighted by atomic mass is 79.9. The Balaban J connectivity index is 2.31. The number of carbonyl (C=O) groups is 1. The zero-order valence-electron chi connectivity index (χ0n) is 11.3. The van der Waals surface area contributed by atoms with Crippen molar-refractivity contribution in [2.45, 2.75) is 12.7 Å². The highest BCUT2D eigenvalue weighted by Gasteiger charge is 2.16. The minimum absolute atomic E-state index is 0.113. The van der Waals surface area contributed by atoms with Gasteiger partial charge in [0, 0.05) is 26.4 Å². The van der Waals surface area contributed by atoms with Gasteiger partial charge in [0.2, 0.25) is 0 Å². The molecule has 0 aliphatic rings. The van der Waals surface area contributed by atoms with Crippen molar-refractivity contribution in [3.8, 4) is 0 Å². The fourth-order valence-corrected chi connectivity index (χ4v) is 3.59. The summed E-state index contributed by atoms with van der Waals surface area (Å²) in [7, 11) is 0. The Morgan fingerprint density at radius 1 is 1.14 bits per heavy atom. The molecule has 0 amide bonds. The van der Waals surface area contributed by atoms with Crippen LogP contribution in [0.1, 0.15) is 28.4 Å². The van der Waals surface area contributed by atoms with Gasteiger partial charge in [0.15, 0.2) is 5.78 Å². The number of ketones is 1. The van der Waals surface area contributed by atoms with Crippen LogP contribution in [0.5, 0.6) is 0 Å². The number of thioether (sulfide) groups is 1. The molecule has 0 radical (unpaired) electrons. The Bertz CT molecular complexity index is 673. The van der Waals surface area contributed by atoms with Crippen LogP contribution in [-0.4, -0.2) is 11.5 Å². The monoisotopic (exact) mass is 402 g/mol. The van der Waals surface area contributed by atoms with Crippen LogP contribution in [-0.2, 0) is 5.75 Å². The van der Waals surface area contributed by atoms with Crippen molar-refractivity contribution in [2.75, 3.05) is 5.75 Å². The van der Waals surface area contributed by atoms with E-state index < -0.39 is 0 Å². The van der Waals surface area contributed by atoms with E-state index in [0.717, 1.165) is 16.0 Å². The van der Waals surface area contributed by atoms with Crippen LogP contribution in [0.2, 0.25) is 10.0 Å². The molecule has 0 saturated carbocycles. The molecule has 0 aliphatic carbocycles. The lowest BCUT2D eigenvalue weighted by Gasteiger charge is -2.08. The third-order valence-corrected chi connectivity index (χ3v) is 5.08. The second-order valence-corrected chi connectivity index (χ2v) is 7.38. The molecular formula is C16H13BrCl2OS. The zero-order valence-corrected chi connectivity index (χ0v) is 15.2. The summed E-state index contributed by atoms with van der Waals surface area (Å²) in [6.07, 6.45) is 0. The van der Waals surface area contributed by atoms with E-state index in [0.29, 0.717) is 21.2 Å². The largest absolute Gasteiger partial charge is 0.289 e. The second-order valence-electron chi connectivity index (χ2n) is 4.40. The predicted octanol–water partition coefficient (Wildman–Crippen LogP) is 6.24. The molecule has 0 atom stereocenters. The Labute approximate surface area is 147 Å². The lowest BCUT2D eigenvalue weighted by atomic mass is 10.0. The molecule has 5 heteroatoms. The van der Waals surface area contributed by atoms with Crippen LogP contribution in [0.25, 0.3) is 0 Å². The maximum absolute atomic E-state index is 12.6. The summed E-state index contributed by atoms with van der Waals surface area (Å²) >= 11 is 17.3. The van der Waals surface area contributed by atoms with Gasteiger partial charge in [-0.05, 0) is 41.6 Å². The molecular weight excluding hydrogens is 391 g/mol. The van der Waals surface area contributed by atoms with Gasteiger partial charge in [0.05, 0.1) is 5.02 Å². The van der Waals surface area contributed by atoms with E-state index in [1.807, 2.05) is 30.0 Å². The average molecular weight is 404 g/mol. The Hall–Kier alpha value is -0.480. The van der Waals surface area contributed by atoms with Crippen LogP contribution in [0, 0.1) is 0 Å². The van der Waals surface area contributed by atoms with Gasteiger partial charge < -0.3 is 0 Å². The van der Waals surface area contributed by atoms with Crippen molar-refractivity contribution in [1.82, 2.24) is 0 Å². The van der Waals surface area contributed by atoms with E-state index >= 15 is 0 Å². The minimum atomic E-state index is -0.113. The maximum Gasteiger partial charge on any atom is 0.195 e. The smallest absolute Gasteiger partial charge is 0.195 e. The molecule has 2 aromatic carbocycles. The predicted molar refractivity (Wildman–Crippen MR) is 95.9 cm³/mol. The van der Waals surface area contributed by atoms with Crippen molar-refractivity contribution in [3.63, 3.8) is 0 Å². The molecule has 2 rings (SSSR count). The molecule has 0 saturated heterocycles. The van der Waals surface area contributed by atoms with E-state index in [1.54, 1.807) is 18.2 Å². The van der Waals surface area contributed by atoms with Gasteiger partial charge in [-0.3, -0.25) is 4.79 Å². The van der Waals surface area contributed by atoms with Gasteiger partial charge >= 0.3 is 0 Å². The molecule has 0 aliphatic heterocycles. The van der Waals surface area contributed by atoms with Crippen molar-refractivity contribution in [2.24, 2.45) is 0 Å². The lowest BCUT2D eigenvalue weighted by molar-refractivity contribution is 0.103. The standard InChI is InChI=1S/C16H13BrCl2OS/c1-2-21-9-10-3-5-12(14(17)7-10)16(20)13-6-4-11(18)8-15(13)19/h3-8H,2,9H2,1H3. The maximum atomic E-state index is 12.6. The van der Waals surface area contributed by atoms with Crippen LogP contribution >= 0.6 is 50.9 Å². The summed E-state index contributed by atoms with van der Waals surface area (Å²) in [4.78, 5) is 12.6. The number of benzene rings is 2. The Morgan fingerprint density at radius 2 is 1.86 bits per heavy atom. The van der Waals surface area contributed by atoms with Crippen LogP contribution in [0.4, 0.5) is 0 Å². The fraction of sp³-hybridized carbons (Fsp3) is 0.188. The van der Waals surface area contributed by atoms with Gasteiger partial charge in [-0.2, -0.15) is 11.8 Å². The summed E-state index contributed by atoms with van der Waals surface area (Å²) in [5, 5.41) is 0.882. The summed E-state index contributed by atoms with van der Waals surface area (Å²) in [6.45, 7) is 2.13. The first kappa shape index (κ1) is 16.9. The van der Waals surface area contributed by atoms with Crippen molar-refractivity contribution >= 4 is 56.7 Å². The first-order valence-electron chi connectivity index (χ1n) is 6.39. The van der Waals surface area contributed by atoms with Crippen LogP contribution in [0.3, 0.4) is 0 Å². The first-order chi connectivity index (χ1) is 10.0. The molecule has 110 valence electrons. The fourth-order valence-electron chi connectivity index (χ4n) is 1.87. The molecule has 0 fully saturated rings. The van der Waals surface area contributed by atoms with E-state index in [1.165, 1.54) is 5.56 Å². The van der Waals surface area contributed by atoms with Crippen molar-refractivity contribution < 1.29 is 4.79 Å². The van der Waals surface area contributed by atoms with E-state index in [4.69, 9.17) is 23.2 Å². The zero-order chi connectivity index (χ0) is 15.4. The van der Waals surface area contributed by atoms with Crippen LogP contribution in [0.15, 0.2) is 40.9 Å². The quantitative estimate of drug-likeness (QED) is 0.549. The van der Waals surface area contributed by atoms with Crippen molar-refractivity contribution in [1.29, 1.82) is 0 Å². The number of hydrogen-bond donors (Lipinski definition) is 0. The summed E-state index contributed by atoms with van der Waals surface area (Å²) < 4.78 is 0.785. The van der Waals surface area contributed by atoms with Crippen LogP contribution < -0.4 is 0 Å². The number of hydrogen-bond acceptors (Lipinski definition) is 2. The highest BCUT2D eigenvalue weighted by Crippen LogP contribution is 2.28. The van der Waals surface area contributed by atoms with Crippen molar-refractivity contribution in [3.05, 3.63) is 67.6 Å². The molecule has 0 N–H and O–H groups in total. The topological polar surface area (TPSA) is 17.1 Å². The van der Waals surface area contributed by atoms with Gasteiger partial charge in [0.1, 0.15) is 0 Å². The number of carbonyl (C=O) groups excluding carboxylic acids is 1. The SMILES string of the molecule is CCSCc1ccc(C(=O)c2ccc(Cl)cc2Cl)c(Br)c1. The van der Waals surface area contributed by atoms with Gasteiger partial charge in [0.25, 0.3) is 0 Å². The highest BCUT2D eigenvalue weighted by molar-refractivity contribution is 9.10. The molecule has 0 heterocycles. The molecule has 1 nitrogen and oxygen atoms in total. The third kappa shape index (κ3) is 4.26. The third-order valence-electron chi connectivity index (χ3n) is 2.93. The lowest BCUT2D eigenvalue weighted by Crippen LogP contribution is -2.03. The Kier molecular flexibility index (Phi) is 6.18. The van der Waals surface area contributed by atoms with E-state index in [9.17, 15) is 4.79 Å². The van der Waals surface area contributed by atoms with Gasteiger partial charge in [-0.15, -0.1) is 0 Å². The summed E-state index contributed by atoms with van der Waals surface area (Å²) in [5.74, 6) is 1.89. The normalized spacial score (nSPS) is 10.7. The Morgan fingerprint density at radius 3 is 2.48 bits per heavy atom. The minimum Gasteiger partial charge on any atom is -0.289 e. The summed E-state index contributed by atoms with van der Waals surface area (Å²) in [5.41, 5.74) is 2.24. The van der Waals surface area contributed by atoms with E-state index in [-0.39, 0.29) is 5.78 Å². The molecule has 0 unspecified atom stereocenters. The van der Waals surface area contributed by atoms with Gasteiger partial charge in [-0.1, -0.05) is 52.1 Å².